The molecule has 0 aliphatic rings. The molecule has 1 heterocycles. The minimum absolute atomic E-state index is 0.0724. The summed E-state index contributed by atoms with van der Waals surface area (Å²) < 4.78 is 2.41. The third kappa shape index (κ3) is 2.79. The predicted molar refractivity (Wildman–Crippen MR) is 72.8 cm³/mol. The topological polar surface area (TPSA) is 59.3 Å². The number of aromatic nitrogens is 1. The molecule has 0 amide bonds. The molecular weight excluding hydrogens is 298 g/mol. The second-order valence-electron chi connectivity index (χ2n) is 4.04. The molecule has 4 nitrogen and oxygen atoms in total. The minimum Gasteiger partial charge on any atom is -0.481 e. The van der Waals surface area contributed by atoms with Crippen molar-refractivity contribution in [1.82, 2.24) is 4.57 Å². The molecule has 0 aliphatic heterocycles. The van der Waals surface area contributed by atoms with E-state index in [0.29, 0.717) is 18.4 Å². The maximum absolute atomic E-state index is 12.2. The van der Waals surface area contributed by atoms with Crippen LogP contribution in [0.1, 0.15) is 12.8 Å². The number of nitrogens with zero attached hydrogens (tertiary/aromatic N) is 1. The standard InChI is InChI=1S/C13H12BrNO3/c14-10-4-3-9-5-7-15(6-1-2-12(16)17)13(18)11(9)8-10/h3-5,7-8H,1-2,6H2,(H,16,17). The smallest absolute Gasteiger partial charge is 0.303 e. The van der Waals surface area contributed by atoms with E-state index in [2.05, 4.69) is 15.9 Å². The number of halogens is 1. The van der Waals surface area contributed by atoms with Gasteiger partial charge in [-0.2, -0.15) is 0 Å². The van der Waals surface area contributed by atoms with Crippen molar-refractivity contribution in [3.8, 4) is 0 Å². The van der Waals surface area contributed by atoms with E-state index >= 15 is 0 Å². The number of aliphatic carboxylic acids is 1. The molecule has 0 atom stereocenters. The maximum Gasteiger partial charge on any atom is 0.303 e. The van der Waals surface area contributed by atoms with Crippen LogP contribution < -0.4 is 5.56 Å². The second-order valence-corrected chi connectivity index (χ2v) is 4.96. The molecule has 0 bridgehead atoms. The Kier molecular flexibility index (Phi) is 3.81. The maximum atomic E-state index is 12.2. The van der Waals surface area contributed by atoms with Crippen LogP contribution in [0, 0.1) is 0 Å². The van der Waals surface area contributed by atoms with Gasteiger partial charge in [-0.05, 0) is 30.0 Å². The first-order valence-electron chi connectivity index (χ1n) is 5.58. The summed E-state index contributed by atoms with van der Waals surface area (Å²) in [6, 6.07) is 7.41. The molecule has 1 N–H and O–H groups in total. The summed E-state index contributed by atoms with van der Waals surface area (Å²) >= 11 is 3.34. The molecule has 2 aromatic rings. The first kappa shape index (κ1) is 12.8. The lowest BCUT2D eigenvalue weighted by atomic mass is 10.2. The number of carbonyl (C=O) groups is 1. The Bertz CT molecular complexity index is 648. The summed E-state index contributed by atoms with van der Waals surface area (Å²) in [5.74, 6) is -0.841. The van der Waals surface area contributed by atoms with Gasteiger partial charge in [-0.3, -0.25) is 9.59 Å². The quantitative estimate of drug-likeness (QED) is 0.944. The van der Waals surface area contributed by atoms with Gasteiger partial charge in [0.2, 0.25) is 0 Å². The molecule has 1 aromatic heterocycles. The van der Waals surface area contributed by atoms with Gasteiger partial charge >= 0.3 is 5.97 Å². The number of carboxylic acids is 1. The average Bonchev–Trinajstić information content (AvgIpc) is 2.32. The predicted octanol–water partition coefficient (Wildman–Crippen LogP) is 2.63. The summed E-state index contributed by atoms with van der Waals surface area (Å²) in [5.41, 5.74) is -0.0841. The van der Waals surface area contributed by atoms with Gasteiger partial charge in [0.1, 0.15) is 0 Å². The average molecular weight is 310 g/mol. The minimum atomic E-state index is -0.841. The van der Waals surface area contributed by atoms with Crippen molar-refractivity contribution in [2.24, 2.45) is 0 Å². The number of hydrogen-bond acceptors (Lipinski definition) is 2. The summed E-state index contributed by atoms with van der Waals surface area (Å²) in [6.07, 6.45) is 2.23. The molecule has 0 spiro atoms. The Labute approximate surface area is 112 Å². The molecule has 0 fully saturated rings. The van der Waals surface area contributed by atoms with Crippen LogP contribution in [-0.2, 0) is 11.3 Å². The van der Waals surface area contributed by atoms with Gasteiger partial charge in [0.05, 0.1) is 0 Å². The fraction of sp³-hybridized carbons (Fsp3) is 0.231. The Morgan fingerprint density at radius 3 is 2.83 bits per heavy atom. The lowest BCUT2D eigenvalue weighted by Crippen LogP contribution is -2.19. The number of benzene rings is 1. The van der Waals surface area contributed by atoms with Gasteiger partial charge < -0.3 is 9.67 Å². The molecule has 94 valence electrons. The number of aryl methyl sites for hydroxylation is 1. The monoisotopic (exact) mass is 309 g/mol. The highest BCUT2D eigenvalue weighted by atomic mass is 79.9. The van der Waals surface area contributed by atoms with E-state index < -0.39 is 5.97 Å². The van der Waals surface area contributed by atoms with E-state index in [1.807, 2.05) is 18.2 Å². The van der Waals surface area contributed by atoms with Crippen molar-refractivity contribution >= 4 is 32.7 Å². The lowest BCUT2D eigenvalue weighted by Gasteiger charge is -2.06. The summed E-state index contributed by atoms with van der Waals surface area (Å²) in [6.45, 7) is 0.424. The fourth-order valence-electron chi connectivity index (χ4n) is 1.83. The van der Waals surface area contributed by atoms with Gasteiger partial charge in [0.15, 0.2) is 0 Å². The Balaban J connectivity index is 2.32. The number of rotatable bonds is 4. The third-order valence-electron chi connectivity index (χ3n) is 2.73. The van der Waals surface area contributed by atoms with Crippen LogP contribution >= 0.6 is 15.9 Å². The van der Waals surface area contributed by atoms with Crippen LogP contribution in [0.4, 0.5) is 0 Å². The summed E-state index contributed by atoms with van der Waals surface area (Å²) in [7, 11) is 0. The molecule has 0 radical (unpaired) electrons. The third-order valence-corrected chi connectivity index (χ3v) is 3.22. The van der Waals surface area contributed by atoms with E-state index in [-0.39, 0.29) is 12.0 Å². The summed E-state index contributed by atoms with van der Waals surface area (Å²) in [4.78, 5) is 22.6. The van der Waals surface area contributed by atoms with E-state index in [4.69, 9.17) is 5.11 Å². The van der Waals surface area contributed by atoms with Gasteiger partial charge in [-0.15, -0.1) is 0 Å². The van der Waals surface area contributed by atoms with Crippen molar-refractivity contribution in [2.75, 3.05) is 0 Å². The number of pyridine rings is 1. The largest absolute Gasteiger partial charge is 0.481 e. The molecule has 18 heavy (non-hydrogen) atoms. The summed E-state index contributed by atoms with van der Waals surface area (Å²) in [5, 5.41) is 10.1. The second kappa shape index (κ2) is 5.35. The molecule has 5 heteroatoms. The SMILES string of the molecule is O=C(O)CCCn1ccc2ccc(Br)cc2c1=O. The zero-order chi connectivity index (χ0) is 13.1. The number of carboxylic acid groups (broad SMARTS) is 1. The Hall–Kier alpha value is -1.62. The fourth-order valence-corrected chi connectivity index (χ4v) is 2.19. The lowest BCUT2D eigenvalue weighted by molar-refractivity contribution is -0.137. The van der Waals surface area contributed by atoms with Crippen LogP contribution in [-0.4, -0.2) is 15.6 Å². The van der Waals surface area contributed by atoms with Crippen LogP contribution in [0.15, 0.2) is 39.7 Å². The normalized spacial score (nSPS) is 10.7. The molecule has 0 saturated carbocycles. The molecular formula is C13H12BrNO3. The van der Waals surface area contributed by atoms with Gasteiger partial charge in [-0.25, -0.2) is 0 Å². The van der Waals surface area contributed by atoms with E-state index in [1.165, 1.54) is 0 Å². The molecule has 1 aromatic carbocycles. The highest BCUT2D eigenvalue weighted by Crippen LogP contribution is 2.16. The van der Waals surface area contributed by atoms with Crippen LogP contribution in [0.25, 0.3) is 10.8 Å². The van der Waals surface area contributed by atoms with Crippen molar-refractivity contribution in [3.63, 3.8) is 0 Å². The van der Waals surface area contributed by atoms with Gasteiger partial charge in [0, 0.05) is 29.0 Å². The molecule has 0 saturated heterocycles. The van der Waals surface area contributed by atoms with Gasteiger partial charge in [0.25, 0.3) is 5.56 Å². The number of fused-ring (bicyclic) bond motifs is 1. The first-order chi connectivity index (χ1) is 8.58. The van der Waals surface area contributed by atoms with Crippen LogP contribution in [0.3, 0.4) is 0 Å². The Morgan fingerprint density at radius 2 is 2.11 bits per heavy atom. The Morgan fingerprint density at radius 1 is 1.33 bits per heavy atom. The van der Waals surface area contributed by atoms with E-state index in [9.17, 15) is 9.59 Å². The van der Waals surface area contributed by atoms with Gasteiger partial charge in [-0.1, -0.05) is 22.0 Å². The highest BCUT2D eigenvalue weighted by Gasteiger charge is 2.04. The molecule has 0 aliphatic carbocycles. The van der Waals surface area contributed by atoms with E-state index in [1.54, 1.807) is 16.8 Å². The van der Waals surface area contributed by atoms with Crippen molar-refractivity contribution < 1.29 is 9.90 Å². The first-order valence-corrected chi connectivity index (χ1v) is 6.38. The van der Waals surface area contributed by atoms with Crippen LogP contribution in [0.2, 0.25) is 0 Å². The number of hydrogen-bond donors (Lipinski definition) is 1. The van der Waals surface area contributed by atoms with Crippen LogP contribution in [0.5, 0.6) is 0 Å². The molecule has 2 rings (SSSR count). The zero-order valence-electron chi connectivity index (χ0n) is 9.60. The highest BCUT2D eigenvalue weighted by molar-refractivity contribution is 9.10. The van der Waals surface area contributed by atoms with E-state index in [0.717, 1.165) is 9.86 Å². The van der Waals surface area contributed by atoms with Crippen molar-refractivity contribution in [2.45, 2.75) is 19.4 Å². The zero-order valence-corrected chi connectivity index (χ0v) is 11.2. The molecule has 0 unspecified atom stereocenters. The van der Waals surface area contributed by atoms with Crippen molar-refractivity contribution in [3.05, 3.63) is 45.3 Å². The van der Waals surface area contributed by atoms with Crippen molar-refractivity contribution in [1.29, 1.82) is 0 Å².